The van der Waals surface area contributed by atoms with Crippen molar-refractivity contribution in [2.75, 3.05) is 0 Å². The van der Waals surface area contributed by atoms with Gasteiger partial charge in [-0.2, -0.15) is 0 Å². The Hall–Kier alpha value is -2.95. The predicted octanol–water partition coefficient (Wildman–Crippen LogP) is 2.96. The second kappa shape index (κ2) is 6.22. The van der Waals surface area contributed by atoms with E-state index in [2.05, 4.69) is 15.5 Å². The normalized spacial score (nSPS) is 11.9. The Morgan fingerprint density at radius 2 is 1.64 bits per heavy atom. The number of hydrogen-bond donors (Lipinski definition) is 1. The molecule has 0 bridgehead atoms. The average Bonchev–Trinajstić information content (AvgIpc) is 3.04. The van der Waals surface area contributed by atoms with Crippen molar-refractivity contribution in [2.45, 2.75) is 13.0 Å². The number of rotatable bonds is 4. The molecule has 110 valence electrons. The number of benzene rings is 2. The van der Waals surface area contributed by atoms with Crippen molar-refractivity contribution in [1.82, 2.24) is 15.5 Å². The lowest BCUT2D eigenvalue weighted by Crippen LogP contribution is -2.27. The average molecular weight is 293 g/mol. The highest BCUT2D eigenvalue weighted by Crippen LogP contribution is 2.24. The molecule has 1 atom stereocenters. The summed E-state index contributed by atoms with van der Waals surface area (Å²) < 4.78 is 5.75. The van der Waals surface area contributed by atoms with Crippen LogP contribution >= 0.6 is 0 Å². The molecule has 0 saturated carbocycles. The van der Waals surface area contributed by atoms with E-state index >= 15 is 0 Å². The van der Waals surface area contributed by atoms with Gasteiger partial charge < -0.3 is 9.73 Å². The second-order valence-corrected chi connectivity index (χ2v) is 4.86. The van der Waals surface area contributed by atoms with Crippen LogP contribution in [-0.4, -0.2) is 16.1 Å². The Balaban J connectivity index is 1.95. The summed E-state index contributed by atoms with van der Waals surface area (Å²) in [4.78, 5) is 11.5. The first-order valence-corrected chi connectivity index (χ1v) is 6.95. The minimum atomic E-state index is -0.455. The minimum Gasteiger partial charge on any atom is -0.418 e. The van der Waals surface area contributed by atoms with Crippen molar-refractivity contribution >= 4 is 5.91 Å². The van der Waals surface area contributed by atoms with Gasteiger partial charge in [-0.25, -0.2) is 0 Å². The van der Waals surface area contributed by atoms with Crippen molar-refractivity contribution in [1.29, 1.82) is 0 Å². The standard InChI is InChI=1S/C17H15N3O2/c1-12(21)18-15(13-8-4-2-5-9-13)17-20-19-16(22-17)14-10-6-3-7-11-14/h2-11,15H,1H3,(H,18,21)/t15-/m1/s1. The summed E-state index contributed by atoms with van der Waals surface area (Å²) in [6.45, 7) is 1.46. The highest BCUT2D eigenvalue weighted by atomic mass is 16.4. The molecule has 1 N–H and O–H groups in total. The third-order valence-electron chi connectivity index (χ3n) is 3.19. The van der Waals surface area contributed by atoms with Gasteiger partial charge in [-0.15, -0.1) is 10.2 Å². The number of carbonyl (C=O) groups is 1. The first-order chi connectivity index (χ1) is 10.7. The Morgan fingerprint density at radius 3 is 2.27 bits per heavy atom. The third-order valence-corrected chi connectivity index (χ3v) is 3.19. The summed E-state index contributed by atoms with van der Waals surface area (Å²) in [6, 6.07) is 18.6. The van der Waals surface area contributed by atoms with E-state index < -0.39 is 6.04 Å². The summed E-state index contributed by atoms with van der Waals surface area (Å²) in [6.07, 6.45) is 0. The van der Waals surface area contributed by atoms with Crippen LogP contribution in [0, 0.1) is 0 Å². The van der Waals surface area contributed by atoms with Gasteiger partial charge in [0, 0.05) is 12.5 Å². The molecule has 0 radical (unpaired) electrons. The lowest BCUT2D eigenvalue weighted by Gasteiger charge is -2.14. The molecule has 0 aliphatic rings. The van der Waals surface area contributed by atoms with Crippen LogP contribution < -0.4 is 5.32 Å². The molecule has 3 rings (SSSR count). The molecular formula is C17H15N3O2. The summed E-state index contributed by atoms with van der Waals surface area (Å²) in [7, 11) is 0. The second-order valence-electron chi connectivity index (χ2n) is 4.86. The number of aromatic nitrogens is 2. The molecule has 22 heavy (non-hydrogen) atoms. The quantitative estimate of drug-likeness (QED) is 0.803. The largest absolute Gasteiger partial charge is 0.418 e. The van der Waals surface area contributed by atoms with Crippen molar-refractivity contribution in [2.24, 2.45) is 0 Å². The Kier molecular flexibility index (Phi) is 3.96. The number of nitrogens with zero attached hydrogens (tertiary/aromatic N) is 2. The fraction of sp³-hybridized carbons (Fsp3) is 0.118. The smallest absolute Gasteiger partial charge is 0.247 e. The molecular weight excluding hydrogens is 278 g/mol. The summed E-state index contributed by atoms with van der Waals surface area (Å²) in [5.74, 6) is 0.635. The topological polar surface area (TPSA) is 68.0 Å². The van der Waals surface area contributed by atoms with E-state index in [0.29, 0.717) is 11.8 Å². The lowest BCUT2D eigenvalue weighted by atomic mass is 10.1. The zero-order valence-corrected chi connectivity index (χ0v) is 12.1. The number of carbonyl (C=O) groups excluding carboxylic acids is 1. The summed E-state index contributed by atoms with van der Waals surface area (Å²) >= 11 is 0. The molecule has 0 spiro atoms. The van der Waals surface area contributed by atoms with Gasteiger partial charge in [-0.1, -0.05) is 48.5 Å². The van der Waals surface area contributed by atoms with Crippen molar-refractivity contribution in [3.63, 3.8) is 0 Å². The van der Waals surface area contributed by atoms with Crippen molar-refractivity contribution in [3.8, 4) is 11.5 Å². The number of amides is 1. The fourth-order valence-corrected chi connectivity index (χ4v) is 2.19. The van der Waals surface area contributed by atoms with Crippen LogP contribution in [0.25, 0.3) is 11.5 Å². The monoisotopic (exact) mass is 293 g/mol. The molecule has 0 fully saturated rings. The molecule has 0 aliphatic carbocycles. The molecule has 1 aromatic heterocycles. The van der Waals surface area contributed by atoms with Crippen molar-refractivity contribution in [3.05, 3.63) is 72.1 Å². The summed E-state index contributed by atoms with van der Waals surface area (Å²) in [5.41, 5.74) is 1.73. The molecule has 3 aromatic rings. The molecule has 1 heterocycles. The van der Waals surface area contributed by atoms with Crippen LogP contribution in [-0.2, 0) is 4.79 Å². The molecule has 5 heteroatoms. The van der Waals surface area contributed by atoms with E-state index in [1.165, 1.54) is 6.92 Å². The van der Waals surface area contributed by atoms with Crippen LogP contribution in [0.1, 0.15) is 24.4 Å². The van der Waals surface area contributed by atoms with Crippen LogP contribution in [0.3, 0.4) is 0 Å². The zero-order chi connectivity index (χ0) is 15.4. The Labute approximate surface area is 128 Å². The number of hydrogen-bond acceptors (Lipinski definition) is 4. The molecule has 0 aliphatic heterocycles. The highest BCUT2D eigenvalue weighted by molar-refractivity contribution is 5.73. The van der Waals surface area contributed by atoms with E-state index in [1.807, 2.05) is 60.7 Å². The van der Waals surface area contributed by atoms with Gasteiger partial charge in [0.25, 0.3) is 0 Å². The van der Waals surface area contributed by atoms with E-state index in [0.717, 1.165) is 11.1 Å². The predicted molar refractivity (Wildman–Crippen MR) is 81.8 cm³/mol. The molecule has 5 nitrogen and oxygen atoms in total. The van der Waals surface area contributed by atoms with Gasteiger partial charge in [0.05, 0.1) is 0 Å². The highest BCUT2D eigenvalue weighted by Gasteiger charge is 2.22. The lowest BCUT2D eigenvalue weighted by molar-refractivity contribution is -0.119. The van der Waals surface area contributed by atoms with E-state index in [4.69, 9.17) is 4.42 Å². The van der Waals surface area contributed by atoms with Crippen LogP contribution in [0.5, 0.6) is 0 Å². The van der Waals surface area contributed by atoms with E-state index in [1.54, 1.807) is 0 Å². The first-order valence-electron chi connectivity index (χ1n) is 6.95. The van der Waals surface area contributed by atoms with Crippen LogP contribution in [0.4, 0.5) is 0 Å². The molecule has 2 aromatic carbocycles. The minimum absolute atomic E-state index is 0.159. The number of nitrogens with one attached hydrogen (secondary N) is 1. The molecule has 0 saturated heterocycles. The maximum Gasteiger partial charge on any atom is 0.247 e. The van der Waals surface area contributed by atoms with Crippen LogP contribution in [0.2, 0.25) is 0 Å². The van der Waals surface area contributed by atoms with E-state index in [9.17, 15) is 4.79 Å². The van der Waals surface area contributed by atoms with Gasteiger partial charge in [-0.05, 0) is 17.7 Å². The van der Waals surface area contributed by atoms with Gasteiger partial charge in [0.1, 0.15) is 6.04 Å². The Morgan fingerprint density at radius 1 is 1.00 bits per heavy atom. The first kappa shape index (κ1) is 14.0. The fourth-order valence-electron chi connectivity index (χ4n) is 2.19. The SMILES string of the molecule is CC(=O)N[C@H](c1ccccc1)c1nnc(-c2ccccc2)o1. The van der Waals surface area contributed by atoms with Gasteiger partial charge >= 0.3 is 0 Å². The van der Waals surface area contributed by atoms with Crippen LogP contribution in [0.15, 0.2) is 65.1 Å². The Bertz CT molecular complexity index is 754. The van der Waals surface area contributed by atoms with Crippen molar-refractivity contribution < 1.29 is 9.21 Å². The third kappa shape index (κ3) is 3.03. The molecule has 1 amide bonds. The van der Waals surface area contributed by atoms with Gasteiger partial charge in [0.2, 0.25) is 17.7 Å². The summed E-state index contributed by atoms with van der Waals surface area (Å²) in [5, 5.41) is 11.0. The van der Waals surface area contributed by atoms with E-state index in [-0.39, 0.29) is 5.91 Å². The van der Waals surface area contributed by atoms with Gasteiger partial charge in [0.15, 0.2) is 0 Å². The molecule has 0 unspecified atom stereocenters. The maximum atomic E-state index is 11.5. The maximum absolute atomic E-state index is 11.5. The zero-order valence-electron chi connectivity index (χ0n) is 12.1. The van der Waals surface area contributed by atoms with Gasteiger partial charge in [-0.3, -0.25) is 4.79 Å².